The second kappa shape index (κ2) is 7.97. The lowest BCUT2D eigenvalue weighted by molar-refractivity contribution is -0.137. The van der Waals surface area contributed by atoms with Gasteiger partial charge in [0.2, 0.25) is 0 Å². The minimum Gasteiger partial charge on any atom is -0.481 e. The van der Waals surface area contributed by atoms with Crippen molar-refractivity contribution in [2.75, 3.05) is 0 Å². The summed E-state index contributed by atoms with van der Waals surface area (Å²) in [4.78, 5) is 23.5. The van der Waals surface area contributed by atoms with E-state index in [1.54, 1.807) is 0 Å². The van der Waals surface area contributed by atoms with Gasteiger partial charge in [-0.05, 0) is 30.2 Å². The van der Waals surface area contributed by atoms with Gasteiger partial charge in [-0.1, -0.05) is 24.6 Å². The van der Waals surface area contributed by atoms with Crippen LogP contribution in [0.2, 0.25) is 5.02 Å². The fraction of sp³-hybridized carbons (Fsp3) is 0.294. The van der Waals surface area contributed by atoms with Gasteiger partial charge in [-0.3, -0.25) is 9.59 Å². The second-order valence-corrected chi connectivity index (χ2v) is 5.71. The zero-order valence-electron chi connectivity index (χ0n) is 13.0. The van der Waals surface area contributed by atoms with Gasteiger partial charge in [0, 0.05) is 6.42 Å². The van der Waals surface area contributed by atoms with Crippen molar-refractivity contribution in [2.45, 2.75) is 32.2 Å². The van der Waals surface area contributed by atoms with E-state index in [0.717, 1.165) is 12.5 Å². The minimum atomic E-state index is -1.11. The summed E-state index contributed by atoms with van der Waals surface area (Å²) < 4.78 is 18.9. The topological polar surface area (TPSA) is 79.5 Å². The zero-order valence-corrected chi connectivity index (χ0v) is 13.8. The SMILES string of the molecule is CCCc1occc1C(=O)NC(CC(=O)O)c1ccc(Cl)c(F)c1. The van der Waals surface area contributed by atoms with E-state index in [1.807, 2.05) is 6.92 Å². The number of hydrogen-bond acceptors (Lipinski definition) is 3. The van der Waals surface area contributed by atoms with Gasteiger partial charge in [0.25, 0.3) is 5.91 Å². The van der Waals surface area contributed by atoms with Crippen molar-refractivity contribution in [1.82, 2.24) is 5.32 Å². The van der Waals surface area contributed by atoms with E-state index in [9.17, 15) is 14.0 Å². The molecule has 0 fully saturated rings. The van der Waals surface area contributed by atoms with Crippen LogP contribution in [0, 0.1) is 5.82 Å². The number of carbonyl (C=O) groups is 2. The molecule has 128 valence electrons. The first-order valence-electron chi connectivity index (χ1n) is 7.46. The molecule has 1 atom stereocenters. The molecular weight excluding hydrogens is 337 g/mol. The molecular formula is C17H17ClFNO4. The van der Waals surface area contributed by atoms with Crippen molar-refractivity contribution in [3.8, 4) is 0 Å². The molecule has 1 unspecified atom stereocenters. The number of halogens is 2. The highest BCUT2D eigenvalue weighted by molar-refractivity contribution is 6.30. The summed E-state index contributed by atoms with van der Waals surface area (Å²) in [6.45, 7) is 1.95. The van der Waals surface area contributed by atoms with Crippen LogP contribution in [0.25, 0.3) is 0 Å². The predicted molar refractivity (Wildman–Crippen MR) is 86.6 cm³/mol. The number of furan rings is 1. The third kappa shape index (κ3) is 4.35. The van der Waals surface area contributed by atoms with Crippen molar-refractivity contribution in [2.24, 2.45) is 0 Å². The maximum atomic E-state index is 13.6. The molecule has 1 heterocycles. The molecule has 0 radical (unpaired) electrons. The molecule has 7 heteroatoms. The Bertz CT molecular complexity index is 744. The molecule has 0 spiro atoms. The molecule has 2 rings (SSSR count). The first kappa shape index (κ1) is 18.0. The summed E-state index contributed by atoms with van der Waals surface area (Å²) in [7, 11) is 0. The molecule has 1 aromatic heterocycles. The van der Waals surface area contributed by atoms with E-state index in [-0.39, 0.29) is 11.4 Å². The largest absolute Gasteiger partial charge is 0.481 e. The number of rotatable bonds is 7. The minimum absolute atomic E-state index is 0.0702. The monoisotopic (exact) mass is 353 g/mol. The van der Waals surface area contributed by atoms with E-state index < -0.39 is 23.7 Å². The second-order valence-electron chi connectivity index (χ2n) is 5.30. The van der Waals surface area contributed by atoms with E-state index in [2.05, 4.69) is 5.32 Å². The number of benzene rings is 1. The van der Waals surface area contributed by atoms with Crippen LogP contribution in [0.1, 0.15) is 47.5 Å². The van der Waals surface area contributed by atoms with Gasteiger partial charge in [-0.25, -0.2) is 4.39 Å². The maximum Gasteiger partial charge on any atom is 0.305 e. The average molecular weight is 354 g/mol. The molecule has 2 N–H and O–H groups in total. The molecule has 0 aliphatic rings. The fourth-order valence-electron chi connectivity index (χ4n) is 2.36. The van der Waals surface area contributed by atoms with Gasteiger partial charge in [0.05, 0.1) is 29.3 Å². The van der Waals surface area contributed by atoms with Gasteiger partial charge in [0.1, 0.15) is 11.6 Å². The number of aryl methyl sites for hydroxylation is 1. The van der Waals surface area contributed by atoms with E-state index in [0.29, 0.717) is 23.3 Å². The number of carboxylic acids is 1. The highest BCUT2D eigenvalue weighted by Crippen LogP contribution is 2.23. The van der Waals surface area contributed by atoms with Crippen LogP contribution in [0.5, 0.6) is 0 Å². The van der Waals surface area contributed by atoms with Crippen LogP contribution < -0.4 is 5.32 Å². The van der Waals surface area contributed by atoms with Crippen molar-refractivity contribution in [1.29, 1.82) is 0 Å². The predicted octanol–water partition coefficient (Wildman–Crippen LogP) is 3.97. The first-order valence-corrected chi connectivity index (χ1v) is 7.84. The molecule has 2 aromatic rings. The Kier molecular flexibility index (Phi) is 5.98. The van der Waals surface area contributed by atoms with Gasteiger partial charge in [-0.2, -0.15) is 0 Å². The Labute approximate surface area is 143 Å². The number of aliphatic carboxylic acids is 1. The zero-order chi connectivity index (χ0) is 17.7. The summed E-state index contributed by atoms with van der Waals surface area (Å²) in [6.07, 6.45) is 2.42. The standard InChI is InChI=1S/C17H17ClFNO4/c1-2-3-15-11(6-7-24-15)17(23)20-14(9-16(21)22)10-4-5-12(18)13(19)8-10/h4-8,14H,2-3,9H2,1H3,(H,20,23)(H,21,22). The smallest absolute Gasteiger partial charge is 0.305 e. The lowest BCUT2D eigenvalue weighted by Crippen LogP contribution is -2.30. The maximum absolute atomic E-state index is 13.6. The first-order chi connectivity index (χ1) is 11.4. The summed E-state index contributed by atoms with van der Waals surface area (Å²) in [5, 5.41) is 11.6. The molecule has 1 amide bonds. The molecule has 0 saturated carbocycles. The molecule has 0 aliphatic heterocycles. The van der Waals surface area contributed by atoms with Gasteiger partial charge >= 0.3 is 5.97 Å². The van der Waals surface area contributed by atoms with Crippen molar-refractivity contribution < 1.29 is 23.5 Å². The van der Waals surface area contributed by atoms with Gasteiger partial charge in [-0.15, -0.1) is 0 Å². The Balaban J connectivity index is 2.25. The highest BCUT2D eigenvalue weighted by atomic mass is 35.5. The van der Waals surface area contributed by atoms with Crippen LogP contribution >= 0.6 is 11.6 Å². The van der Waals surface area contributed by atoms with Gasteiger partial charge < -0.3 is 14.8 Å². The van der Waals surface area contributed by atoms with E-state index >= 15 is 0 Å². The van der Waals surface area contributed by atoms with E-state index in [4.69, 9.17) is 21.1 Å². The number of carbonyl (C=O) groups excluding carboxylic acids is 1. The molecule has 0 bridgehead atoms. The summed E-state index contributed by atoms with van der Waals surface area (Å²) in [6, 6.07) is 4.58. The van der Waals surface area contributed by atoms with Crippen LogP contribution in [-0.4, -0.2) is 17.0 Å². The molecule has 0 saturated heterocycles. The Morgan fingerprint density at radius 1 is 1.38 bits per heavy atom. The molecule has 0 aliphatic carbocycles. The summed E-state index contributed by atoms with van der Waals surface area (Å²) in [5.74, 6) is -1.72. The third-order valence-electron chi connectivity index (χ3n) is 3.50. The normalized spacial score (nSPS) is 12.0. The van der Waals surface area contributed by atoms with Gasteiger partial charge in [0.15, 0.2) is 0 Å². The number of amides is 1. The Morgan fingerprint density at radius 3 is 2.75 bits per heavy atom. The quantitative estimate of drug-likeness (QED) is 0.789. The van der Waals surface area contributed by atoms with Crippen LogP contribution in [0.15, 0.2) is 34.9 Å². The van der Waals surface area contributed by atoms with Crippen molar-refractivity contribution in [3.63, 3.8) is 0 Å². The molecule has 5 nitrogen and oxygen atoms in total. The summed E-state index contributed by atoms with van der Waals surface area (Å²) in [5.41, 5.74) is 0.676. The highest BCUT2D eigenvalue weighted by Gasteiger charge is 2.22. The summed E-state index contributed by atoms with van der Waals surface area (Å²) >= 11 is 5.64. The van der Waals surface area contributed by atoms with Crippen molar-refractivity contribution in [3.05, 3.63) is 58.3 Å². The third-order valence-corrected chi connectivity index (χ3v) is 3.80. The number of carboxylic acid groups (broad SMARTS) is 1. The Hall–Kier alpha value is -2.34. The van der Waals surface area contributed by atoms with Crippen LogP contribution in [-0.2, 0) is 11.2 Å². The Morgan fingerprint density at radius 2 is 2.12 bits per heavy atom. The van der Waals surface area contributed by atoms with E-state index in [1.165, 1.54) is 24.5 Å². The van der Waals surface area contributed by atoms with Crippen LogP contribution in [0.4, 0.5) is 4.39 Å². The lowest BCUT2D eigenvalue weighted by atomic mass is 10.0. The van der Waals surface area contributed by atoms with Crippen LogP contribution in [0.3, 0.4) is 0 Å². The number of hydrogen-bond donors (Lipinski definition) is 2. The number of nitrogens with one attached hydrogen (secondary N) is 1. The fourth-order valence-corrected chi connectivity index (χ4v) is 2.47. The average Bonchev–Trinajstić information content (AvgIpc) is 2.97. The molecule has 1 aromatic carbocycles. The lowest BCUT2D eigenvalue weighted by Gasteiger charge is -2.18. The molecule has 24 heavy (non-hydrogen) atoms. The van der Waals surface area contributed by atoms with Crippen molar-refractivity contribution >= 4 is 23.5 Å².